The molecule has 0 unspecified atom stereocenters. The lowest BCUT2D eigenvalue weighted by atomic mass is 10.1. The number of hydrogen-bond acceptors (Lipinski definition) is 6. The smallest absolute Gasteiger partial charge is 0.222 e. The van der Waals surface area contributed by atoms with Gasteiger partial charge < -0.3 is 21.5 Å². The van der Waals surface area contributed by atoms with Crippen molar-refractivity contribution in [1.29, 1.82) is 0 Å². The summed E-state index contributed by atoms with van der Waals surface area (Å²) in [6, 6.07) is 21.0. The molecule has 7 heteroatoms. The summed E-state index contributed by atoms with van der Waals surface area (Å²) in [7, 11) is 0. The van der Waals surface area contributed by atoms with Gasteiger partial charge in [-0.25, -0.2) is 9.37 Å². The molecule has 4 aromatic rings. The highest BCUT2D eigenvalue weighted by Crippen LogP contribution is 2.33. The Bertz CT molecular complexity index is 1200. The number of hydrogen-bond donors (Lipinski definition) is 4. The highest BCUT2D eigenvalue weighted by atomic mass is 19.1. The Morgan fingerprint density at radius 2 is 1.67 bits per heavy atom. The summed E-state index contributed by atoms with van der Waals surface area (Å²) in [5.74, 6) is 0.221. The zero-order valence-electron chi connectivity index (χ0n) is 16.2. The summed E-state index contributed by atoms with van der Waals surface area (Å²) in [6.45, 7) is 1.83. The molecule has 0 spiro atoms. The zero-order chi connectivity index (χ0) is 21.1. The molecule has 150 valence electrons. The summed E-state index contributed by atoms with van der Waals surface area (Å²) < 4.78 is 14.2. The minimum Gasteiger partial charge on any atom is -0.507 e. The number of aromatic nitrogens is 2. The Balaban J connectivity index is 1.67. The van der Waals surface area contributed by atoms with E-state index in [0.717, 1.165) is 11.3 Å². The molecule has 1 heterocycles. The quantitative estimate of drug-likeness (QED) is 0.336. The van der Waals surface area contributed by atoms with Gasteiger partial charge in [-0.15, -0.1) is 0 Å². The number of rotatable bonds is 5. The molecule has 0 amide bonds. The Labute approximate surface area is 173 Å². The molecule has 0 saturated heterocycles. The normalized spacial score (nSPS) is 10.6. The van der Waals surface area contributed by atoms with Crippen LogP contribution < -0.4 is 16.4 Å². The van der Waals surface area contributed by atoms with E-state index < -0.39 is 0 Å². The second kappa shape index (κ2) is 8.08. The monoisotopic (exact) mass is 401 g/mol. The lowest BCUT2D eigenvalue weighted by molar-refractivity contribution is 0.477. The van der Waals surface area contributed by atoms with Crippen LogP contribution in [0.2, 0.25) is 0 Å². The van der Waals surface area contributed by atoms with Gasteiger partial charge in [-0.1, -0.05) is 24.3 Å². The fourth-order valence-electron chi connectivity index (χ4n) is 3.03. The third-order valence-corrected chi connectivity index (χ3v) is 4.47. The molecule has 1 aromatic heterocycles. The zero-order valence-corrected chi connectivity index (χ0v) is 16.2. The first-order valence-electron chi connectivity index (χ1n) is 9.31. The molecule has 6 nitrogen and oxygen atoms in total. The molecule has 0 radical (unpaired) electrons. The average molecular weight is 401 g/mol. The molecule has 0 aliphatic heterocycles. The third kappa shape index (κ3) is 4.30. The number of benzene rings is 3. The van der Waals surface area contributed by atoms with Crippen LogP contribution in [0.1, 0.15) is 5.56 Å². The van der Waals surface area contributed by atoms with Crippen LogP contribution in [0.4, 0.5) is 33.2 Å². The highest BCUT2D eigenvalue weighted by Gasteiger charge is 2.12. The predicted octanol–water partition coefficient (Wildman–Crippen LogP) is 5.37. The van der Waals surface area contributed by atoms with Crippen LogP contribution in [0.5, 0.6) is 5.75 Å². The Morgan fingerprint density at radius 3 is 2.43 bits per heavy atom. The van der Waals surface area contributed by atoms with Crippen LogP contribution in [-0.2, 0) is 0 Å². The number of para-hydroxylation sites is 1. The van der Waals surface area contributed by atoms with Crippen molar-refractivity contribution in [2.75, 3.05) is 16.4 Å². The summed E-state index contributed by atoms with van der Waals surface area (Å²) >= 11 is 0. The van der Waals surface area contributed by atoms with Crippen LogP contribution >= 0.6 is 0 Å². The number of anilines is 5. The Morgan fingerprint density at radius 1 is 0.867 bits per heavy atom. The SMILES string of the molecule is Cc1ccc(Nc2ccc(O)c(-c3cc(Nc4ccccc4)nc(N)n3)c2)c(F)c1. The molecule has 5 N–H and O–H groups in total. The molecule has 30 heavy (non-hydrogen) atoms. The van der Waals surface area contributed by atoms with Crippen molar-refractivity contribution < 1.29 is 9.50 Å². The maximum Gasteiger partial charge on any atom is 0.222 e. The Kier molecular flexibility index (Phi) is 5.17. The van der Waals surface area contributed by atoms with Gasteiger partial charge in [0, 0.05) is 23.0 Å². The van der Waals surface area contributed by atoms with E-state index in [0.29, 0.717) is 28.5 Å². The number of nitrogens with two attached hydrogens (primary N) is 1. The number of nitrogen functional groups attached to an aromatic ring is 1. The largest absolute Gasteiger partial charge is 0.507 e. The first-order chi connectivity index (χ1) is 14.5. The van der Waals surface area contributed by atoms with Gasteiger partial charge in [0.1, 0.15) is 17.4 Å². The molecular weight excluding hydrogens is 381 g/mol. The van der Waals surface area contributed by atoms with Gasteiger partial charge in [0.25, 0.3) is 0 Å². The molecule has 4 rings (SSSR count). The Hall–Kier alpha value is -4.13. The van der Waals surface area contributed by atoms with Crippen LogP contribution in [0.25, 0.3) is 11.3 Å². The number of phenolic OH excluding ortho intramolecular Hbond substituents is 1. The maximum absolute atomic E-state index is 14.2. The molecule has 0 aliphatic carbocycles. The van der Waals surface area contributed by atoms with Crippen LogP contribution in [0, 0.1) is 12.7 Å². The number of aryl methyl sites for hydroxylation is 1. The number of nitrogens with one attached hydrogen (secondary N) is 2. The van der Waals surface area contributed by atoms with E-state index in [1.54, 1.807) is 24.3 Å². The van der Waals surface area contributed by atoms with Crippen LogP contribution in [0.15, 0.2) is 72.8 Å². The van der Waals surface area contributed by atoms with Crippen LogP contribution in [-0.4, -0.2) is 15.1 Å². The van der Waals surface area contributed by atoms with E-state index in [-0.39, 0.29) is 17.5 Å². The lowest BCUT2D eigenvalue weighted by Gasteiger charge is -2.12. The van der Waals surface area contributed by atoms with E-state index in [1.807, 2.05) is 43.3 Å². The van der Waals surface area contributed by atoms with Gasteiger partial charge in [-0.2, -0.15) is 4.98 Å². The summed E-state index contributed by atoms with van der Waals surface area (Å²) in [5.41, 5.74) is 9.38. The molecule has 0 aliphatic rings. The average Bonchev–Trinajstić information content (AvgIpc) is 2.72. The van der Waals surface area contributed by atoms with Crippen molar-refractivity contribution >= 4 is 28.8 Å². The van der Waals surface area contributed by atoms with Crippen LogP contribution in [0.3, 0.4) is 0 Å². The van der Waals surface area contributed by atoms with Gasteiger partial charge in [0.2, 0.25) is 5.95 Å². The van der Waals surface area contributed by atoms with Crippen molar-refractivity contribution in [3.05, 3.63) is 84.2 Å². The summed E-state index contributed by atoms with van der Waals surface area (Å²) in [6.07, 6.45) is 0. The molecule has 0 saturated carbocycles. The van der Waals surface area contributed by atoms with E-state index in [9.17, 15) is 9.50 Å². The number of aromatic hydroxyl groups is 1. The van der Waals surface area contributed by atoms with Gasteiger partial charge in [-0.05, 0) is 55.0 Å². The summed E-state index contributed by atoms with van der Waals surface area (Å²) in [5, 5.41) is 16.6. The summed E-state index contributed by atoms with van der Waals surface area (Å²) in [4.78, 5) is 8.45. The highest BCUT2D eigenvalue weighted by molar-refractivity contribution is 5.76. The first-order valence-corrected chi connectivity index (χ1v) is 9.31. The van der Waals surface area contributed by atoms with Crippen molar-refractivity contribution in [2.24, 2.45) is 0 Å². The van der Waals surface area contributed by atoms with Gasteiger partial charge in [0.15, 0.2) is 0 Å². The predicted molar refractivity (Wildman–Crippen MR) is 118 cm³/mol. The minimum absolute atomic E-state index is 0.0219. The van der Waals surface area contributed by atoms with Gasteiger partial charge >= 0.3 is 0 Å². The molecule has 0 fully saturated rings. The molecule has 3 aromatic carbocycles. The second-order valence-corrected chi connectivity index (χ2v) is 6.83. The fourth-order valence-corrected chi connectivity index (χ4v) is 3.03. The topological polar surface area (TPSA) is 96.1 Å². The lowest BCUT2D eigenvalue weighted by Crippen LogP contribution is -2.02. The third-order valence-electron chi connectivity index (χ3n) is 4.47. The van der Waals surface area contributed by atoms with Gasteiger partial charge in [0.05, 0.1) is 11.4 Å². The van der Waals surface area contributed by atoms with Crippen molar-refractivity contribution in [3.8, 4) is 17.0 Å². The number of phenols is 1. The van der Waals surface area contributed by atoms with E-state index in [2.05, 4.69) is 20.6 Å². The molecular formula is C23H20FN5O. The van der Waals surface area contributed by atoms with E-state index in [4.69, 9.17) is 5.73 Å². The number of halogens is 1. The number of nitrogens with zero attached hydrogens (tertiary/aromatic N) is 2. The second-order valence-electron chi connectivity index (χ2n) is 6.83. The molecule has 0 bridgehead atoms. The first kappa shape index (κ1) is 19.2. The van der Waals surface area contributed by atoms with Crippen molar-refractivity contribution in [2.45, 2.75) is 6.92 Å². The standard InChI is InChI=1S/C23H20FN5O/c1-14-7-9-19(18(24)11-14)26-16-8-10-21(30)17(12-16)20-13-22(29-23(25)28-20)27-15-5-3-2-4-6-15/h2-13,26,30H,1H3,(H3,25,27,28,29). The van der Waals surface area contributed by atoms with Crippen molar-refractivity contribution in [1.82, 2.24) is 9.97 Å². The van der Waals surface area contributed by atoms with E-state index >= 15 is 0 Å². The fraction of sp³-hybridized carbons (Fsp3) is 0.0435. The minimum atomic E-state index is -0.356. The van der Waals surface area contributed by atoms with Crippen molar-refractivity contribution in [3.63, 3.8) is 0 Å². The van der Waals surface area contributed by atoms with Gasteiger partial charge in [-0.3, -0.25) is 0 Å². The molecule has 0 atom stereocenters. The maximum atomic E-state index is 14.2. The van der Waals surface area contributed by atoms with E-state index in [1.165, 1.54) is 12.1 Å².